The lowest BCUT2D eigenvalue weighted by Gasteiger charge is -2.23. The molecule has 1 saturated heterocycles. The van der Waals surface area contributed by atoms with Crippen molar-refractivity contribution in [3.8, 4) is 0 Å². The molecule has 1 aliphatic rings. The first-order valence-corrected chi connectivity index (χ1v) is 11.5. The summed E-state index contributed by atoms with van der Waals surface area (Å²) in [5.74, 6) is 0. The van der Waals surface area contributed by atoms with Crippen LogP contribution >= 0.6 is 11.6 Å². The summed E-state index contributed by atoms with van der Waals surface area (Å²) in [6.07, 6.45) is 4.33. The van der Waals surface area contributed by atoms with Crippen LogP contribution < -0.4 is 0 Å². The first-order chi connectivity index (χ1) is 13.9. The third kappa shape index (κ3) is 3.94. The summed E-state index contributed by atoms with van der Waals surface area (Å²) in [6, 6.07) is 10.4. The van der Waals surface area contributed by atoms with Crippen LogP contribution in [0.2, 0.25) is 5.02 Å². The fraction of sp³-hybridized carbons (Fsp3) is 0.364. The Morgan fingerprint density at radius 1 is 1.17 bits per heavy atom. The second-order valence-electron chi connectivity index (χ2n) is 7.45. The van der Waals surface area contributed by atoms with Crippen LogP contribution in [0.1, 0.15) is 36.0 Å². The zero-order valence-electron chi connectivity index (χ0n) is 16.5. The lowest BCUT2D eigenvalue weighted by Crippen LogP contribution is -2.22. The monoisotopic (exact) mass is 433 g/mol. The molecule has 0 aliphatic carbocycles. The summed E-state index contributed by atoms with van der Waals surface area (Å²) in [7, 11) is -3.72. The number of aryl methyl sites for hydroxylation is 2. The van der Waals surface area contributed by atoms with Crippen LogP contribution in [-0.2, 0) is 26.1 Å². The second kappa shape index (κ2) is 8.11. The molecule has 1 fully saturated rings. The molecule has 0 radical (unpaired) electrons. The van der Waals surface area contributed by atoms with E-state index in [0.29, 0.717) is 17.1 Å². The minimum absolute atomic E-state index is 0.241. The molecule has 3 aromatic rings. The maximum absolute atomic E-state index is 13.3. The Morgan fingerprint density at radius 2 is 1.93 bits per heavy atom. The van der Waals surface area contributed by atoms with Crippen LogP contribution in [0, 0.1) is 13.8 Å². The lowest BCUT2D eigenvalue weighted by molar-refractivity contribution is -0.168. The average molecular weight is 434 g/mol. The summed E-state index contributed by atoms with van der Waals surface area (Å²) in [4.78, 5) is 0.253. The maximum atomic E-state index is 13.3. The average Bonchev–Trinajstić information content (AvgIpc) is 3.15. The Bertz CT molecular complexity index is 1130. The predicted octanol–water partition coefficient (Wildman–Crippen LogP) is 5.19. The zero-order valence-corrected chi connectivity index (χ0v) is 18.1. The number of aromatic nitrogens is 1. The molecule has 1 unspecified atom stereocenters. The van der Waals surface area contributed by atoms with Gasteiger partial charge in [-0.1, -0.05) is 29.3 Å². The minimum Gasteiger partial charge on any atom is -0.353 e. The first kappa shape index (κ1) is 20.4. The van der Waals surface area contributed by atoms with Gasteiger partial charge in [-0.05, 0) is 62.9 Å². The van der Waals surface area contributed by atoms with Crippen LogP contribution in [-0.4, -0.2) is 25.3 Å². The SMILES string of the molecule is Cc1ccc(S(=O)(=O)n2ccc3c(COC4CCCCO4)c(Cl)cc(C)c32)cc1. The van der Waals surface area contributed by atoms with E-state index < -0.39 is 10.0 Å². The Kier molecular flexibility index (Phi) is 5.71. The Morgan fingerprint density at radius 3 is 2.62 bits per heavy atom. The number of hydrogen-bond donors (Lipinski definition) is 0. The van der Waals surface area contributed by atoms with Crippen molar-refractivity contribution in [2.24, 2.45) is 0 Å². The molecule has 0 amide bonds. The summed E-state index contributed by atoms with van der Waals surface area (Å²) in [5.41, 5.74) is 3.20. The Hall–Kier alpha value is -1.86. The lowest BCUT2D eigenvalue weighted by atomic mass is 10.1. The van der Waals surface area contributed by atoms with Gasteiger partial charge in [0.15, 0.2) is 6.29 Å². The van der Waals surface area contributed by atoms with Crippen LogP contribution in [0.25, 0.3) is 10.9 Å². The summed E-state index contributed by atoms with van der Waals surface area (Å²) in [5, 5.41) is 1.35. The maximum Gasteiger partial charge on any atom is 0.268 e. The van der Waals surface area contributed by atoms with Crippen LogP contribution in [0.5, 0.6) is 0 Å². The number of ether oxygens (including phenoxy) is 2. The highest BCUT2D eigenvalue weighted by atomic mass is 35.5. The summed E-state index contributed by atoms with van der Waals surface area (Å²) in [6.45, 7) is 4.77. The number of nitrogens with zero attached hydrogens (tertiary/aromatic N) is 1. The third-order valence-corrected chi connectivity index (χ3v) is 7.34. The molecule has 154 valence electrons. The van der Waals surface area contributed by atoms with E-state index in [1.54, 1.807) is 42.6 Å². The van der Waals surface area contributed by atoms with E-state index in [0.717, 1.165) is 41.3 Å². The van der Waals surface area contributed by atoms with E-state index in [1.807, 2.05) is 13.8 Å². The van der Waals surface area contributed by atoms with Crippen LogP contribution in [0.4, 0.5) is 0 Å². The molecule has 0 bridgehead atoms. The van der Waals surface area contributed by atoms with Crippen LogP contribution in [0.3, 0.4) is 0 Å². The fourth-order valence-corrected chi connectivity index (χ4v) is 5.44. The molecular formula is C22H24ClNO4S. The largest absolute Gasteiger partial charge is 0.353 e. The van der Waals surface area contributed by atoms with E-state index in [-0.39, 0.29) is 17.8 Å². The molecule has 4 rings (SSSR count). The topological polar surface area (TPSA) is 57.5 Å². The highest BCUT2D eigenvalue weighted by molar-refractivity contribution is 7.90. The molecule has 5 nitrogen and oxygen atoms in total. The first-order valence-electron chi connectivity index (χ1n) is 9.72. The highest BCUT2D eigenvalue weighted by Gasteiger charge is 2.23. The van der Waals surface area contributed by atoms with Crippen molar-refractivity contribution < 1.29 is 17.9 Å². The van der Waals surface area contributed by atoms with Gasteiger partial charge in [0, 0.05) is 28.8 Å². The van der Waals surface area contributed by atoms with Crippen molar-refractivity contribution in [3.63, 3.8) is 0 Å². The third-order valence-electron chi connectivity index (χ3n) is 5.31. The molecule has 1 atom stereocenters. The van der Waals surface area contributed by atoms with Gasteiger partial charge in [0.2, 0.25) is 0 Å². The van der Waals surface area contributed by atoms with Gasteiger partial charge in [-0.2, -0.15) is 0 Å². The van der Waals surface area contributed by atoms with Crippen molar-refractivity contribution >= 4 is 32.5 Å². The quantitative estimate of drug-likeness (QED) is 0.555. The molecule has 0 spiro atoms. The molecule has 1 aliphatic heterocycles. The normalized spacial score (nSPS) is 17.7. The molecule has 2 heterocycles. The Balaban J connectivity index is 1.74. The van der Waals surface area contributed by atoms with E-state index >= 15 is 0 Å². The number of fused-ring (bicyclic) bond motifs is 1. The summed E-state index contributed by atoms with van der Waals surface area (Å²) < 4.78 is 39.4. The van der Waals surface area contributed by atoms with Gasteiger partial charge < -0.3 is 9.47 Å². The van der Waals surface area contributed by atoms with Gasteiger partial charge in [0.25, 0.3) is 10.0 Å². The number of halogens is 1. The van der Waals surface area contributed by atoms with E-state index in [2.05, 4.69) is 0 Å². The second-order valence-corrected chi connectivity index (χ2v) is 9.68. The highest BCUT2D eigenvalue weighted by Crippen LogP contribution is 2.33. The Labute approximate surface area is 176 Å². The van der Waals surface area contributed by atoms with Crippen molar-refractivity contribution in [2.45, 2.75) is 50.9 Å². The van der Waals surface area contributed by atoms with Gasteiger partial charge in [-0.3, -0.25) is 0 Å². The fourth-order valence-electron chi connectivity index (χ4n) is 3.71. The molecule has 29 heavy (non-hydrogen) atoms. The van der Waals surface area contributed by atoms with Crippen molar-refractivity contribution in [1.29, 1.82) is 0 Å². The van der Waals surface area contributed by atoms with E-state index in [1.165, 1.54) is 3.97 Å². The molecule has 1 aromatic heterocycles. The molecule has 2 aromatic carbocycles. The van der Waals surface area contributed by atoms with Gasteiger partial charge in [0.05, 0.1) is 17.0 Å². The van der Waals surface area contributed by atoms with Gasteiger partial charge in [0.1, 0.15) is 0 Å². The number of hydrogen-bond acceptors (Lipinski definition) is 4. The van der Waals surface area contributed by atoms with Crippen molar-refractivity contribution in [3.05, 3.63) is 64.3 Å². The van der Waals surface area contributed by atoms with Crippen molar-refractivity contribution in [2.75, 3.05) is 6.61 Å². The summed E-state index contributed by atoms with van der Waals surface area (Å²) >= 11 is 6.50. The molecule has 7 heteroatoms. The zero-order chi connectivity index (χ0) is 20.6. The smallest absolute Gasteiger partial charge is 0.268 e. The molecule has 0 N–H and O–H groups in total. The number of rotatable bonds is 5. The standard InChI is InChI=1S/C22H24ClNO4S/c1-15-6-8-17(9-7-15)29(25,26)24-11-10-18-19(20(23)13-16(2)22(18)24)14-28-21-5-3-4-12-27-21/h6-11,13,21H,3-5,12,14H2,1-2H3. The van der Waals surface area contributed by atoms with Gasteiger partial charge >= 0.3 is 0 Å². The predicted molar refractivity (Wildman–Crippen MR) is 114 cm³/mol. The minimum atomic E-state index is -3.72. The van der Waals surface area contributed by atoms with Gasteiger partial charge in [-0.25, -0.2) is 12.4 Å². The molecular weight excluding hydrogens is 410 g/mol. The number of benzene rings is 2. The van der Waals surface area contributed by atoms with E-state index in [9.17, 15) is 8.42 Å². The van der Waals surface area contributed by atoms with E-state index in [4.69, 9.17) is 21.1 Å². The van der Waals surface area contributed by atoms with Crippen LogP contribution in [0.15, 0.2) is 47.5 Å². The molecule has 0 saturated carbocycles. The van der Waals surface area contributed by atoms with Crippen molar-refractivity contribution in [1.82, 2.24) is 3.97 Å². The van der Waals surface area contributed by atoms with Gasteiger partial charge in [-0.15, -0.1) is 0 Å².